The van der Waals surface area contributed by atoms with E-state index in [0.717, 1.165) is 0 Å². The van der Waals surface area contributed by atoms with Gasteiger partial charge in [-0.15, -0.1) is 0 Å². The fraction of sp³-hybridized carbons (Fsp3) is 0. The van der Waals surface area contributed by atoms with E-state index >= 15 is 0 Å². The first-order chi connectivity index (χ1) is 8.16. The number of hydrogen-bond acceptors (Lipinski definition) is 5. The van der Waals surface area contributed by atoms with Crippen molar-refractivity contribution in [3.8, 4) is 0 Å². The minimum absolute atomic E-state index is 0.392. The van der Waals surface area contributed by atoms with Crippen molar-refractivity contribution in [2.24, 2.45) is 15.2 Å². The first-order valence-corrected chi connectivity index (χ1v) is 4.70. The standard InChI is InChI=1S/C10H4N4O3/c15-10-8(14(16)17)3-5-1-2-7-6(4-11-13-7)9(5)12-10/h1-4H. The molecule has 7 nitrogen and oxygen atoms in total. The van der Waals surface area contributed by atoms with Gasteiger partial charge in [-0.1, -0.05) is 6.07 Å². The molecule has 2 aliphatic rings. The van der Waals surface area contributed by atoms with E-state index in [1.54, 1.807) is 12.1 Å². The van der Waals surface area contributed by atoms with E-state index in [1.165, 1.54) is 12.3 Å². The summed E-state index contributed by atoms with van der Waals surface area (Å²) in [6.07, 6.45) is 2.70. The number of hydrogen-bond donors (Lipinski definition) is 0. The van der Waals surface area contributed by atoms with Crippen LogP contribution in [0.4, 0.5) is 5.69 Å². The van der Waals surface area contributed by atoms with Crippen LogP contribution in [0.1, 0.15) is 5.56 Å². The maximum Gasteiger partial charge on any atom is 0.348 e. The maximum absolute atomic E-state index is 11.4. The summed E-state index contributed by atoms with van der Waals surface area (Å²) in [4.78, 5) is 25.1. The summed E-state index contributed by atoms with van der Waals surface area (Å²) < 4.78 is 0. The van der Waals surface area contributed by atoms with E-state index in [0.29, 0.717) is 21.8 Å². The summed E-state index contributed by atoms with van der Waals surface area (Å²) in [5.41, 5.74) is 0.612. The summed E-state index contributed by atoms with van der Waals surface area (Å²) in [7, 11) is 0. The molecule has 0 atom stereocenters. The van der Waals surface area contributed by atoms with Crippen molar-refractivity contribution in [3.63, 3.8) is 0 Å². The third-order valence-corrected chi connectivity index (χ3v) is 2.50. The second kappa shape index (κ2) is 3.14. The van der Waals surface area contributed by atoms with Gasteiger partial charge >= 0.3 is 11.6 Å². The second-order valence-electron chi connectivity index (χ2n) is 3.48. The Balaban J connectivity index is 2.36. The Morgan fingerprint density at radius 2 is 2.12 bits per heavy atom. The van der Waals surface area contributed by atoms with Crippen LogP contribution in [0.5, 0.6) is 0 Å². The molecule has 2 heterocycles. The Bertz CT molecular complexity index is 746. The summed E-state index contributed by atoms with van der Waals surface area (Å²) in [6, 6.07) is 3.31. The monoisotopic (exact) mass is 228 g/mol. The highest BCUT2D eigenvalue weighted by Crippen LogP contribution is 2.14. The third kappa shape index (κ3) is 1.29. The van der Waals surface area contributed by atoms with Crippen LogP contribution >= 0.6 is 0 Å². The molecule has 1 aromatic rings. The summed E-state index contributed by atoms with van der Waals surface area (Å²) in [5, 5.41) is 19.2. The molecule has 0 aromatic heterocycles. The average Bonchev–Trinajstić information content (AvgIpc) is 2.76. The molecule has 0 fully saturated rings. The van der Waals surface area contributed by atoms with Crippen LogP contribution in [0.3, 0.4) is 0 Å². The Morgan fingerprint density at radius 3 is 2.88 bits per heavy atom. The fourth-order valence-corrected chi connectivity index (χ4v) is 1.72. The van der Waals surface area contributed by atoms with Gasteiger partial charge in [-0.25, -0.2) is 4.99 Å². The van der Waals surface area contributed by atoms with E-state index in [4.69, 9.17) is 0 Å². The minimum Gasteiger partial charge on any atom is -0.259 e. The van der Waals surface area contributed by atoms with E-state index in [2.05, 4.69) is 15.2 Å². The molecule has 82 valence electrons. The van der Waals surface area contributed by atoms with E-state index in [-0.39, 0.29) is 0 Å². The number of nitrogens with zero attached hydrogens (tertiary/aromatic N) is 4. The maximum atomic E-state index is 11.4. The van der Waals surface area contributed by atoms with Crippen LogP contribution in [0, 0.1) is 10.1 Å². The molecule has 0 radical (unpaired) electrons. The highest BCUT2D eigenvalue weighted by Gasteiger charge is 2.25. The van der Waals surface area contributed by atoms with Gasteiger partial charge in [0, 0.05) is 16.9 Å². The molecule has 3 rings (SSSR count). The van der Waals surface area contributed by atoms with Crippen molar-refractivity contribution >= 4 is 23.9 Å². The molecule has 0 spiro atoms. The lowest BCUT2D eigenvalue weighted by Gasteiger charge is -2.02. The molecule has 0 bridgehead atoms. The van der Waals surface area contributed by atoms with Gasteiger partial charge in [0.05, 0.1) is 22.2 Å². The van der Waals surface area contributed by atoms with Crippen LogP contribution in [0.25, 0.3) is 12.3 Å². The van der Waals surface area contributed by atoms with Crippen molar-refractivity contribution in [2.45, 2.75) is 0 Å². The molecular weight excluding hydrogens is 224 g/mol. The molecule has 1 aromatic carbocycles. The SMILES string of the molecule is O=C1N=c2c(ccc3c2=CN=N3)C=C1[N+](=O)[O-]. The zero-order valence-corrected chi connectivity index (χ0v) is 8.32. The lowest BCUT2D eigenvalue weighted by molar-refractivity contribution is -0.417. The number of carbonyl (C=O) groups excluding carboxylic acids is 1. The van der Waals surface area contributed by atoms with Crippen molar-refractivity contribution in [1.29, 1.82) is 0 Å². The van der Waals surface area contributed by atoms with Crippen molar-refractivity contribution < 1.29 is 9.72 Å². The molecule has 0 aliphatic carbocycles. The number of amides is 1. The highest BCUT2D eigenvalue weighted by atomic mass is 16.6. The zero-order chi connectivity index (χ0) is 12.0. The van der Waals surface area contributed by atoms with Crippen molar-refractivity contribution in [2.75, 3.05) is 0 Å². The van der Waals surface area contributed by atoms with Gasteiger partial charge in [0.1, 0.15) is 0 Å². The molecular formula is C10H4N4O3. The van der Waals surface area contributed by atoms with Gasteiger partial charge in [-0.05, 0) is 6.07 Å². The minimum atomic E-state index is -0.851. The quantitative estimate of drug-likeness (QED) is 0.510. The number of benzene rings is 1. The number of azo groups is 1. The molecule has 0 N–H and O–H groups in total. The molecule has 0 saturated heterocycles. The van der Waals surface area contributed by atoms with Gasteiger partial charge in [0.15, 0.2) is 0 Å². The molecule has 0 unspecified atom stereocenters. The Labute approximate surface area is 93.7 Å². The lowest BCUT2D eigenvalue weighted by Crippen LogP contribution is -2.32. The van der Waals surface area contributed by atoms with Crippen LogP contribution in [-0.4, -0.2) is 10.8 Å². The highest BCUT2D eigenvalue weighted by molar-refractivity contribution is 5.97. The number of fused-ring (bicyclic) bond motifs is 3. The average molecular weight is 228 g/mol. The van der Waals surface area contributed by atoms with Crippen molar-refractivity contribution in [3.05, 3.63) is 44.1 Å². The molecule has 1 amide bonds. The predicted octanol–water partition coefficient (Wildman–Crippen LogP) is 0.299. The van der Waals surface area contributed by atoms with Gasteiger partial charge in [0.2, 0.25) is 0 Å². The van der Waals surface area contributed by atoms with E-state index in [9.17, 15) is 14.9 Å². The molecule has 0 saturated carbocycles. The normalized spacial score (nSPS) is 15.5. The Kier molecular flexibility index (Phi) is 1.76. The largest absolute Gasteiger partial charge is 0.348 e. The van der Waals surface area contributed by atoms with Gasteiger partial charge in [0.25, 0.3) is 0 Å². The molecule has 17 heavy (non-hydrogen) atoms. The first-order valence-electron chi connectivity index (χ1n) is 4.70. The fourth-order valence-electron chi connectivity index (χ4n) is 1.72. The third-order valence-electron chi connectivity index (χ3n) is 2.50. The number of nitro groups is 1. The summed E-state index contributed by atoms with van der Waals surface area (Å²) >= 11 is 0. The van der Waals surface area contributed by atoms with E-state index < -0.39 is 16.5 Å². The van der Waals surface area contributed by atoms with Crippen LogP contribution in [0.15, 0.2) is 33.1 Å². The van der Waals surface area contributed by atoms with Crippen molar-refractivity contribution in [1.82, 2.24) is 0 Å². The number of carbonyl (C=O) groups is 1. The van der Waals surface area contributed by atoms with Crippen LogP contribution < -0.4 is 10.6 Å². The Hall–Kier alpha value is -2.70. The van der Waals surface area contributed by atoms with Crippen LogP contribution in [-0.2, 0) is 4.79 Å². The number of rotatable bonds is 1. The predicted molar refractivity (Wildman–Crippen MR) is 56.2 cm³/mol. The zero-order valence-electron chi connectivity index (χ0n) is 8.32. The second-order valence-corrected chi connectivity index (χ2v) is 3.48. The van der Waals surface area contributed by atoms with Gasteiger partial charge in [-0.3, -0.25) is 14.9 Å². The topological polar surface area (TPSA) is 97.3 Å². The van der Waals surface area contributed by atoms with E-state index in [1.807, 2.05) is 0 Å². The smallest absolute Gasteiger partial charge is 0.259 e. The first kappa shape index (κ1) is 9.52. The Morgan fingerprint density at radius 1 is 1.29 bits per heavy atom. The van der Waals surface area contributed by atoms with Gasteiger partial charge in [-0.2, -0.15) is 10.2 Å². The summed E-state index contributed by atoms with van der Waals surface area (Å²) in [5.74, 6) is -0.851. The van der Waals surface area contributed by atoms with Crippen LogP contribution in [0.2, 0.25) is 0 Å². The lowest BCUT2D eigenvalue weighted by atomic mass is 10.1. The van der Waals surface area contributed by atoms with Gasteiger partial charge < -0.3 is 0 Å². The summed E-state index contributed by atoms with van der Waals surface area (Å²) in [6.45, 7) is 0. The molecule has 2 aliphatic heterocycles. The molecule has 7 heteroatoms.